The molecule has 1 amide bonds. The van der Waals surface area contributed by atoms with Gasteiger partial charge in [-0.3, -0.25) is 4.79 Å². The summed E-state index contributed by atoms with van der Waals surface area (Å²) in [7, 11) is 0. The van der Waals surface area contributed by atoms with Crippen LogP contribution in [0.4, 0.5) is 13.2 Å². The number of piperazine rings is 1. The zero-order chi connectivity index (χ0) is 21.4. The number of carbonyl (C=O) groups is 1. The maximum absolute atomic E-state index is 13.1. The van der Waals surface area contributed by atoms with E-state index in [4.69, 9.17) is 9.47 Å². The van der Waals surface area contributed by atoms with Crippen LogP contribution in [0.5, 0.6) is 11.5 Å². The van der Waals surface area contributed by atoms with Gasteiger partial charge >= 0.3 is 6.18 Å². The Morgan fingerprint density at radius 1 is 1.17 bits per heavy atom. The fourth-order valence-corrected chi connectivity index (χ4v) is 4.00. The molecule has 1 aromatic carbocycles. The predicted octanol–water partition coefficient (Wildman–Crippen LogP) is -1.80. The lowest BCUT2D eigenvalue weighted by Crippen LogP contribution is -3.27. The molecule has 1 aromatic rings. The van der Waals surface area contributed by atoms with Crippen molar-refractivity contribution in [1.29, 1.82) is 0 Å². The van der Waals surface area contributed by atoms with Crippen molar-refractivity contribution in [1.82, 2.24) is 10.4 Å². The van der Waals surface area contributed by atoms with Gasteiger partial charge in [-0.15, -0.1) is 0 Å². The van der Waals surface area contributed by atoms with Crippen LogP contribution in [0.2, 0.25) is 0 Å². The minimum absolute atomic E-state index is 0.0834. The molecule has 1 saturated heterocycles. The van der Waals surface area contributed by atoms with Crippen molar-refractivity contribution in [2.75, 3.05) is 39.5 Å². The standard InChI is InChI=1S/C19H23F3N4O4/c20-19(21,22)18(28)4-5-23-26(18)17(27)3-6-24-7-9-25(10-8-24)12-14-1-2-15-16(11-14)30-13-29-15/h1-2,4-5,11,23,28H,3,6-10,12-13H2/p+2/t18-/m0/s1. The first-order valence-corrected chi connectivity index (χ1v) is 9.88. The van der Waals surface area contributed by atoms with Crippen molar-refractivity contribution in [3.8, 4) is 11.5 Å². The van der Waals surface area contributed by atoms with Gasteiger partial charge in [-0.1, -0.05) is 0 Å². The van der Waals surface area contributed by atoms with E-state index >= 15 is 0 Å². The Bertz CT molecular complexity index is 826. The average molecular weight is 430 g/mol. The van der Waals surface area contributed by atoms with Gasteiger partial charge in [-0.05, 0) is 24.3 Å². The minimum Gasteiger partial charge on any atom is -0.454 e. The largest absolute Gasteiger partial charge is 0.454 e. The van der Waals surface area contributed by atoms with Gasteiger partial charge in [0, 0.05) is 11.8 Å². The summed E-state index contributed by atoms with van der Waals surface area (Å²) in [4.78, 5) is 14.8. The number of nitrogens with one attached hydrogen (secondary N) is 3. The molecule has 0 bridgehead atoms. The second kappa shape index (κ2) is 7.97. The molecule has 0 unspecified atom stereocenters. The average Bonchev–Trinajstić information content (AvgIpc) is 3.33. The fraction of sp³-hybridized carbons (Fsp3) is 0.526. The van der Waals surface area contributed by atoms with Crippen molar-refractivity contribution in [3.63, 3.8) is 0 Å². The normalized spacial score (nSPS) is 27.9. The number of amides is 1. The predicted molar refractivity (Wildman–Crippen MR) is 97.3 cm³/mol. The lowest BCUT2D eigenvalue weighted by molar-refractivity contribution is -1.02. The highest BCUT2D eigenvalue weighted by Crippen LogP contribution is 2.36. The number of quaternary nitrogens is 2. The number of hydrogen-bond donors (Lipinski definition) is 4. The summed E-state index contributed by atoms with van der Waals surface area (Å²) in [6.45, 7) is 4.95. The molecular formula is C19H25F3N4O4+2. The topological polar surface area (TPSA) is 79.9 Å². The van der Waals surface area contributed by atoms with Gasteiger partial charge in [0.1, 0.15) is 32.7 Å². The summed E-state index contributed by atoms with van der Waals surface area (Å²) in [5.41, 5.74) is 0.0545. The molecule has 3 heterocycles. The van der Waals surface area contributed by atoms with Crippen LogP contribution in [0.25, 0.3) is 0 Å². The van der Waals surface area contributed by atoms with Crippen LogP contribution < -0.4 is 24.7 Å². The van der Waals surface area contributed by atoms with Gasteiger partial charge < -0.3 is 29.8 Å². The SMILES string of the molecule is O=C(CC[NH+]1CC[NH+](Cc2ccc3c(c2)OCO3)CC1)N1NC=C[C@]1(O)C(F)(F)F. The summed E-state index contributed by atoms with van der Waals surface area (Å²) >= 11 is 0. The second-order valence-corrected chi connectivity index (χ2v) is 7.78. The Balaban J connectivity index is 1.23. The van der Waals surface area contributed by atoms with Crippen molar-refractivity contribution in [3.05, 3.63) is 36.0 Å². The molecule has 11 heteroatoms. The molecule has 3 aliphatic rings. The maximum atomic E-state index is 13.1. The van der Waals surface area contributed by atoms with Crippen LogP contribution in [-0.4, -0.2) is 67.4 Å². The molecule has 164 valence electrons. The molecule has 30 heavy (non-hydrogen) atoms. The van der Waals surface area contributed by atoms with E-state index in [-0.39, 0.29) is 18.2 Å². The third-order valence-corrected chi connectivity index (χ3v) is 5.77. The molecule has 1 fully saturated rings. The van der Waals surface area contributed by atoms with Gasteiger partial charge in [0.2, 0.25) is 12.7 Å². The number of hydrazine groups is 1. The molecule has 1 atom stereocenters. The van der Waals surface area contributed by atoms with Crippen molar-refractivity contribution >= 4 is 5.91 Å². The Labute approximate surface area is 171 Å². The zero-order valence-electron chi connectivity index (χ0n) is 16.3. The molecule has 0 spiro atoms. The summed E-state index contributed by atoms with van der Waals surface area (Å²) in [5, 5.41) is 10.1. The molecule has 3 aliphatic heterocycles. The number of ether oxygens (including phenoxy) is 2. The monoisotopic (exact) mass is 430 g/mol. The molecule has 0 radical (unpaired) electrons. The number of hydrogen-bond acceptors (Lipinski definition) is 5. The second-order valence-electron chi connectivity index (χ2n) is 7.78. The number of nitrogens with zero attached hydrogens (tertiary/aromatic N) is 1. The van der Waals surface area contributed by atoms with Crippen molar-refractivity contribution < 1.29 is 42.3 Å². The minimum atomic E-state index is -4.97. The fourth-order valence-electron chi connectivity index (χ4n) is 4.00. The Hall–Kier alpha value is -2.50. The quantitative estimate of drug-likeness (QED) is 0.444. The van der Waals surface area contributed by atoms with Gasteiger partial charge in [0.25, 0.3) is 5.72 Å². The van der Waals surface area contributed by atoms with Crippen molar-refractivity contribution in [2.24, 2.45) is 0 Å². The molecule has 0 saturated carbocycles. The first kappa shape index (κ1) is 20.8. The van der Waals surface area contributed by atoms with Crippen LogP contribution >= 0.6 is 0 Å². The lowest BCUT2D eigenvalue weighted by Gasteiger charge is -2.34. The van der Waals surface area contributed by atoms with Crippen LogP contribution in [0.15, 0.2) is 30.5 Å². The molecule has 0 aromatic heterocycles. The third-order valence-electron chi connectivity index (χ3n) is 5.77. The molecular weight excluding hydrogens is 405 g/mol. The Kier molecular flexibility index (Phi) is 5.51. The Morgan fingerprint density at radius 3 is 2.60 bits per heavy atom. The van der Waals surface area contributed by atoms with Crippen molar-refractivity contribution in [2.45, 2.75) is 24.9 Å². The highest BCUT2D eigenvalue weighted by Gasteiger charge is 2.60. The Morgan fingerprint density at radius 2 is 1.87 bits per heavy atom. The van der Waals surface area contributed by atoms with Crippen LogP contribution in [0, 0.1) is 0 Å². The summed E-state index contributed by atoms with van der Waals surface area (Å²) in [5.74, 6) is 0.730. The number of halogens is 3. The summed E-state index contributed by atoms with van der Waals surface area (Å²) in [6.07, 6.45) is -3.59. The lowest BCUT2D eigenvalue weighted by atomic mass is 10.1. The van der Waals surface area contributed by atoms with E-state index in [1.807, 2.05) is 18.2 Å². The summed E-state index contributed by atoms with van der Waals surface area (Å²) < 4.78 is 50.0. The van der Waals surface area contributed by atoms with E-state index in [2.05, 4.69) is 5.43 Å². The third kappa shape index (κ3) is 4.05. The van der Waals surface area contributed by atoms with E-state index in [0.29, 0.717) is 12.6 Å². The van der Waals surface area contributed by atoms with Gasteiger partial charge in [-0.2, -0.15) is 13.2 Å². The number of fused-ring (bicyclic) bond motifs is 1. The van der Waals surface area contributed by atoms with Crippen LogP contribution in [-0.2, 0) is 11.3 Å². The van der Waals surface area contributed by atoms with E-state index in [1.165, 1.54) is 9.80 Å². The molecule has 4 N–H and O–H groups in total. The maximum Gasteiger partial charge on any atom is 0.442 e. The number of aliphatic hydroxyl groups is 1. The number of alkyl halides is 3. The molecule has 0 aliphatic carbocycles. The van der Waals surface area contributed by atoms with Gasteiger partial charge in [0.05, 0.1) is 13.0 Å². The van der Waals surface area contributed by atoms with E-state index in [0.717, 1.165) is 56.0 Å². The first-order valence-electron chi connectivity index (χ1n) is 9.88. The highest BCUT2D eigenvalue weighted by atomic mass is 19.4. The van der Waals surface area contributed by atoms with E-state index in [9.17, 15) is 23.1 Å². The van der Waals surface area contributed by atoms with E-state index < -0.39 is 17.8 Å². The zero-order valence-corrected chi connectivity index (χ0v) is 16.3. The van der Waals surface area contributed by atoms with Crippen LogP contribution in [0.1, 0.15) is 12.0 Å². The number of carbonyl (C=O) groups excluding carboxylic acids is 1. The smallest absolute Gasteiger partial charge is 0.442 e. The first-order chi connectivity index (χ1) is 14.3. The summed E-state index contributed by atoms with van der Waals surface area (Å²) in [6, 6.07) is 5.93. The number of rotatable bonds is 5. The number of benzene rings is 1. The molecule has 4 rings (SSSR count). The van der Waals surface area contributed by atoms with E-state index in [1.54, 1.807) is 0 Å². The highest BCUT2D eigenvalue weighted by molar-refractivity contribution is 5.77. The van der Waals surface area contributed by atoms with Crippen LogP contribution in [0.3, 0.4) is 0 Å². The molecule has 8 nitrogen and oxygen atoms in total. The van der Waals surface area contributed by atoms with Gasteiger partial charge in [-0.25, -0.2) is 5.01 Å². The van der Waals surface area contributed by atoms with Gasteiger partial charge in [0.15, 0.2) is 11.5 Å².